The first-order valence-corrected chi connectivity index (χ1v) is 4.24. The molecule has 1 aromatic rings. The van der Waals surface area contributed by atoms with Gasteiger partial charge in [0.05, 0.1) is 16.9 Å². The molecule has 1 N–H and O–H groups in total. The number of nitrogens with one attached hydrogen (secondary N) is 1. The molecule has 1 aromatic heterocycles. The van der Waals surface area contributed by atoms with Crippen molar-refractivity contribution < 1.29 is 0 Å². The zero-order valence-electron chi connectivity index (χ0n) is 6.84. The zero-order chi connectivity index (χ0) is 8.55. The van der Waals surface area contributed by atoms with Gasteiger partial charge in [0.25, 0.3) is 0 Å². The second-order valence-electron chi connectivity index (χ2n) is 2.82. The number of aryl methyl sites for hydroxylation is 1. The first kappa shape index (κ1) is 7.83. The van der Waals surface area contributed by atoms with Crippen LogP contribution in [-0.2, 0) is 7.05 Å². The summed E-state index contributed by atoms with van der Waals surface area (Å²) < 4.78 is 1.81. The van der Waals surface area contributed by atoms with Crippen molar-refractivity contribution in [2.45, 2.75) is 0 Å². The SMILES string of the molecule is Cn1ncc(Cl)c1C1=CCNC1. The van der Waals surface area contributed by atoms with Crippen LogP contribution >= 0.6 is 11.6 Å². The molecule has 1 aliphatic rings. The van der Waals surface area contributed by atoms with E-state index < -0.39 is 0 Å². The minimum Gasteiger partial charge on any atom is -0.309 e. The Bertz CT molecular complexity index is 308. The molecule has 0 atom stereocenters. The number of aromatic nitrogens is 2. The summed E-state index contributed by atoms with van der Waals surface area (Å²) in [4.78, 5) is 0. The summed E-state index contributed by atoms with van der Waals surface area (Å²) in [7, 11) is 1.90. The molecule has 1 aliphatic heterocycles. The maximum Gasteiger partial charge on any atom is 0.0862 e. The molecular weight excluding hydrogens is 174 g/mol. The molecule has 0 saturated heterocycles. The van der Waals surface area contributed by atoms with E-state index in [1.807, 2.05) is 7.05 Å². The van der Waals surface area contributed by atoms with Crippen LogP contribution in [-0.4, -0.2) is 22.9 Å². The Labute approximate surface area is 76.0 Å². The van der Waals surface area contributed by atoms with Crippen molar-refractivity contribution in [3.63, 3.8) is 0 Å². The molecule has 2 heterocycles. The average Bonchev–Trinajstić information content (AvgIpc) is 2.61. The lowest BCUT2D eigenvalue weighted by Crippen LogP contribution is -2.09. The average molecular weight is 184 g/mol. The fourth-order valence-electron chi connectivity index (χ4n) is 1.43. The molecule has 0 radical (unpaired) electrons. The van der Waals surface area contributed by atoms with E-state index in [0.29, 0.717) is 0 Å². The lowest BCUT2D eigenvalue weighted by molar-refractivity contribution is 0.753. The molecule has 0 aliphatic carbocycles. The second-order valence-corrected chi connectivity index (χ2v) is 3.23. The highest BCUT2D eigenvalue weighted by Crippen LogP contribution is 2.23. The standard InChI is InChI=1S/C8H10ClN3/c1-12-8(7(9)5-11-12)6-2-3-10-4-6/h2,5,10H,3-4H2,1H3. The normalized spacial score (nSPS) is 16.7. The smallest absolute Gasteiger partial charge is 0.0862 e. The number of rotatable bonds is 1. The number of hydrogen-bond acceptors (Lipinski definition) is 2. The third kappa shape index (κ3) is 1.15. The summed E-state index contributed by atoms with van der Waals surface area (Å²) in [5.41, 5.74) is 2.27. The third-order valence-electron chi connectivity index (χ3n) is 2.01. The molecule has 0 unspecified atom stereocenters. The van der Waals surface area contributed by atoms with E-state index in [-0.39, 0.29) is 0 Å². The maximum absolute atomic E-state index is 5.97. The molecule has 12 heavy (non-hydrogen) atoms. The Balaban J connectivity index is 2.44. The van der Waals surface area contributed by atoms with Crippen LogP contribution in [0.1, 0.15) is 5.69 Å². The van der Waals surface area contributed by atoms with Gasteiger partial charge in [-0.3, -0.25) is 4.68 Å². The molecule has 64 valence electrons. The predicted molar refractivity (Wildman–Crippen MR) is 49.1 cm³/mol. The molecule has 0 amide bonds. The minimum atomic E-state index is 0.729. The van der Waals surface area contributed by atoms with E-state index >= 15 is 0 Å². The monoisotopic (exact) mass is 183 g/mol. The van der Waals surface area contributed by atoms with E-state index in [4.69, 9.17) is 11.6 Å². The van der Waals surface area contributed by atoms with Crippen molar-refractivity contribution in [3.05, 3.63) is 23.0 Å². The van der Waals surface area contributed by atoms with Gasteiger partial charge in [0.15, 0.2) is 0 Å². The van der Waals surface area contributed by atoms with Gasteiger partial charge in [0.2, 0.25) is 0 Å². The first-order chi connectivity index (χ1) is 5.79. The van der Waals surface area contributed by atoms with E-state index in [0.717, 1.165) is 23.8 Å². The Morgan fingerprint density at radius 2 is 2.50 bits per heavy atom. The van der Waals surface area contributed by atoms with E-state index in [2.05, 4.69) is 16.5 Å². The van der Waals surface area contributed by atoms with Gasteiger partial charge in [0.1, 0.15) is 0 Å². The summed E-state index contributed by atoms with van der Waals surface area (Å²) in [6.07, 6.45) is 3.82. The predicted octanol–water partition coefficient (Wildman–Crippen LogP) is 1.06. The Kier molecular flexibility index (Phi) is 1.90. The Hall–Kier alpha value is -0.800. The van der Waals surface area contributed by atoms with Crippen LogP contribution < -0.4 is 5.32 Å². The minimum absolute atomic E-state index is 0.729. The van der Waals surface area contributed by atoms with Crippen LogP contribution in [0.3, 0.4) is 0 Å². The van der Waals surface area contributed by atoms with Gasteiger partial charge >= 0.3 is 0 Å². The molecule has 0 bridgehead atoms. The van der Waals surface area contributed by atoms with Gasteiger partial charge in [-0.2, -0.15) is 5.10 Å². The molecule has 4 heteroatoms. The lowest BCUT2D eigenvalue weighted by Gasteiger charge is -2.02. The molecule has 0 saturated carbocycles. The molecular formula is C8H10ClN3. The topological polar surface area (TPSA) is 29.9 Å². The quantitative estimate of drug-likeness (QED) is 0.706. The molecule has 0 spiro atoms. The highest BCUT2D eigenvalue weighted by molar-refractivity contribution is 6.32. The highest BCUT2D eigenvalue weighted by Gasteiger charge is 2.13. The number of nitrogens with zero attached hydrogens (tertiary/aromatic N) is 2. The second kappa shape index (κ2) is 2.92. The molecule has 3 nitrogen and oxygen atoms in total. The molecule has 0 fully saturated rings. The Morgan fingerprint density at radius 1 is 1.67 bits per heavy atom. The van der Waals surface area contributed by atoms with Gasteiger partial charge in [-0.05, 0) is 5.57 Å². The van der Waals surface area contributed by atoms with E-state index in [9.17, 15) is 0 Å². The van der Waals surface area contributed by atoms with Crippen LogP contribution in [0.15, 0.2) is 12.3 Å². The van der Waals surface area contributed by atoms with Crippen molar-refractivity contribution in [2.75, 3.05) is 13.1 Å². The third-order valence-corrected chi connectivity index (χ3v) is 2.28. The van der Waals surface area contributed by atoms with Crippen molar-refractivity contribution in [3.8, 4) is 0 Å². The number of halogens is 1. The van der Waals surface area contributed by atoms with Crippen molar-refractivity contribution in [1.29, 1.82) is 0 Å². The van der Waals surface area contributed by atoms with Gasteiger partial charge in [0, 0.05) is 20.1 Å². The largest absolute Gasteiger partial charge is 0.309 e. The fourth-order valence-corrected chi connectivity index (χ4v) is 1.71. The Morgan fingerprint density at radius 3 is 3.00 bits per heavy atom. The summed E-state index contributed by atoms with van der Waals surface area (Å²) >= 11 is 5.97. The summed E-state index contributed by atoms with van der Waals surface area (Å²) in [5, 5.41) is 8.03. The molecule has 2 rings (SSSR count). The summed E-state index contributed by atoms with van der Waals surface area (Å²) in [5.74, 6) is 0. The summed E-state index contributed by atoms with van der Waals surface area (Å²) in [6.45, 7) is 1.82. The van der Waals surface area contributed by atoms with Crippen LogP contribution in [0.4, 0.5) is 0 Å². The van der Waals surface area contributed by atoms with E-state index in [1.54, 1.807) is 10.9 Å². The van der Waals surface area contributed by atoms with Crippen LogP contribution in [0.5, 0.6) is 0 Å². The van der Waals surface area contributed by atoms with Crippen molar-refractivity contribution in [1.82, 2.24) is 15.1 Å². The van der Waals surface area contributed by atoms with Crippen molar-refractivity contribution >= 4 is 17.2 Å². The molecule has 0 aromatic carbocycles. The lowest BCUT2D eigenvalue weighted by atomic mass is 10.2. The number of hydrogen-bond donors (Lipinski definition) is 1. The van der Waals surface area contributed by atoms with Gasteiger partial charge < -0.3 is 5.32 Å². The van der Waals surface area contributed by atoms with Crippen LogP contribution in [0.25, 0.3) is 5.57 Å². The van der Waals surface area contributed by atoms with E-state index in [1.165, 1.54) is 5.57 Å². The van der Waals surface area contributed by atoms with Gasteiger partial charge in [-0.15, -0.1) is 0 Å². The van der Waals surface area contributed by atoms with Crippen LogP contribution in [0.2, 0.25) is 5.02 Å². The van der Waals surface area contributed by atoms with Crippen molar-refractivity contribution in [2.24, 2.45) is 7.05 Å². The maximum atomic E-state index is 5.97. The zero-order valence-corrected chi connectivity index (χ0v) is 7.60. The highest BCUT2D eigenvalue weighted by atomic mass is 35.5. The fraction of sp³-hybridized carbons (Fsp3) is 0.375. The summed E-state index contributed by atoms with van der Waals surface area (Å²) in [6, 6.07) is 0. The first-order valence-electron chi connectivity index (χ1n) is 3.86. The van der Waals surface area contributed by atoms with Crippen LogP contribution in [0, 0.1) is 0 Å². The van der Waals surface area contributed by atoms with Gasteiger partial charge in [-0.25, -0.2) is 0 Å². The van der Waals surface area contributed by atoms with Gasteiger partial charge in [-0.1, -0.05) is 17.7 Å².